The highest BCUT2D eigenvalue weighted by Gasteiger charge is 2.49. The van der Waals surface area contributed by atoms with Crippen molar-refractivity contribution in [1.82, 2.24) is 9.88 Å². The molecule has 0 bridgehead atoms. The van der Waals surface area contributed by atoms with Gasteiger partial charge in [0.25, 0.3) is 0 Å². The second kappa shape index (κ2) is 5.90. The quantitative estimate of drug-likeness (QED) is 0.363. The molecule has 20 heavy (non-hydrogen) atoms. The molecule has 1 aromatic rings. The Balaban J connectivity index is 1.98. The Morgan fingerprint density at radius 1 is 1.55 bits per heavy atom. The van der Waals surface area contributed by atoms with Gasteiger partial charge in [0.05, 0.1) is 0 Å². The highest BCUT2D eigenvalue weighted by molar-refractivity contribution is 6.07. The van der Waals surface area contributed by atoms with Crippen LogP contribution in [-0.4, -0.2) is 40.4 Å². The van der Waals surface area contributed by atoms with E-state index < -0.39 is 5.41 Å². The lowest BCUT2D eigenvalue weighted by Gasteiger charge is -2.41. The largest absolute Gasteiger partial charge is 0.409 e. The van der Waals surface area contributed by atoms with Crippen molar-refractivity contribution in [3.05, 3.63) is 30.1 Å². The maximum Gasteiger partial charge on any atom is 0.236 e. The summed E-state index contributed by atoms with van der Waals surface area (Å²) < 4.78 is 0. The fourth-order valence-corrected chi connectivity index (χ4v) is 2.50. The van der Waals surface area contributed by atoms with Gasteiger partial charge in [-0.3, -0.25) is 9.78 Å². The number of hydrogen-bond acceptors (Lipinski definition) is 4. The van der Waals surface area contributed by atoms with Crippen LogP contribution < -0.4 is 5.73 Å². The lowest BCUT2D eigenvalue weighted by Crippen LogP contribution is -2.54. The molecule has 1 amide bonds. The Kier molecular flexibility index (Phi) is 4.22. The normalized spacial score (nSPS) is 17.4. The van der Waals surface area contributed by atoms with E-state index in [9.17, 15) is 4.79 Å². The highest BCUT2D eigenvalue weighted by Crippen LogP contribution is 2.42. The minimum absolute atomic E-state index is 0.0263. The summed E-state index contributed by atoms with van der Waals surface area (Å²) in [5.41, 5.74) is 5.84. The minimum atomic E-state index is -0.798. The van der Waals surface area contributed by atoms with Crippen molar-refractivity contribution in [3.8, 4) is 0 Å². The summed E-state index contributed by atoms with van der Waals surface area (Å²) in [5, 5.41) is 11.9. The number of amidine groups is 1. The third-order valence-corrected chi connectivity index (χ3v) is 3.99. The molecule has 6 nitrogen and oxygen atoms in total. The molecule has 2 rings (SSSR count). The minimum Gasteiger partial charge on any atom is -0.409 e. The Bertz CT molecular complexity index is 497. The predicted octanol–water partition coefficient (Wildman–Crippen LogP) is 0.999. The Labute approximate surface area is 118 Å². The van der Waals surface area contributed by atoms with Crippen LogP contribution in [-0.2, 0) is 11.2 Å². The van der Waals surface area contributed by atoms with E-state index in [4.69, 9.17) is 10.9 Å². The topological polar surface area (TPSA) is 91.8 Å². The van der Waals surface area contributed by atoms with Crippen LogP contribution in [0, 0.1) is 5.41 Å². The molecule has 0 saturated heterocycles. The van der Waals surface area contributed by atoms with Crippen LogP contribution >= 0.6 is 0 Å². The third-order valence-electron chi connectivity index (χ3n) is 3.99. The van der Waals surface area contributed by atoms with E-state index in [1.165, 1.54) is 0 Å². The van der Waals surface area contributed by atoms with Crippen molar-refractivity contribution in [3.63, 3.8) is 0 Å². The lowest BCUT2D eigenvalue weighted by atomic mass is 9.67. The van der Waals surface area contributed by atoms with E-state index in [0.29, 0.717) is 25.8 Å². The van der Waals surface area contributed by atoms with E-state index in [0.717, 1.165) is 12.1 Å². The van der Waals surface area contributed by atoms with Gasteiger partial charge in [0, 0.05) is 31.9 Å². The molecule has 1 aliphatic carbocycles. The van der Waals surface area contributed by atoms with Crippen LogP contribution in [0.25, 0.3) is 0 Å². The first-order valence-electron chi connectivity index (χ1n) is 6.73. The van der Waals surface area contributed by atoms with Gasteiger partial charge in [-0.15, -0.1) is 0 Å². The number of aromatic nitrogens is 1. The van der Waals surface area contributed by atoms with Crippen LogP contribution in [0.1, 0.15) is 25.0 Å². The van der Waals surface area contributed by atoms with E-state index >= 15 is 0 Å². The first-order chi connectivity index (χ1) is 9.60. The standard InChI is InChI=1S/C14H20N4O2/c1-18(10-6-11-5-2-3-9-16-11)13(19)14(7-4-8-14)12(15)17-20/h2-3,5,9,20H,4,6-8,10H2,1H3,(H2,15,17). The van der Waals surface area contributed by atoms with Gasteiger partial charge in [0.1, 0.15) is 5.41 Å². The molecule has 0 unspecified atom stereocenters. The molecule has 0 aliphatic heterocycles. The Morgan fingerprint density at radius 2 is 2.30 bits per heavy atom. The van der Waals surface area contributed by atoms with Crippen molar-refractivity contribution in [2.24, 2.45) is 16.3 Å². The summed E-state index contributed by atoms with van der Waals surface area (Å²) in [5.74, 6) is -0.0478. The summed E-state index contributed by atoms with van der Waals surface area (Å²) in [4.78, 5) is 18.4. The third kappa shape index (κ3) is 2.59. The van der Waals surface area contributed by atoms with Crippen molar-refractivity contribution in [2.75, 3.05) is 13.6 Å². The monoisotopic (exact) mass is 276 g/mol. The first-order valence-corrected chi connectivity index (χ1v) is 6.73. The smallest absolute Gasteiger partial charge is 0.236 e. The van der Waals surface area contributed by atoms with E-state index in [1.807, 2.05) is 18.2 Å². The summed E-state index contributed by atoms with van der Waals surface area (Å²) in [6.07, 6.45) is 4.65. The van der Waals surface area contributed by atoms with Crippen LogP contribution in [0.5, 0.6) is 0 Å². The zero-order valence-electron chi connectivity index (χ0n) is 11.6. The molecule has 3 N–H and O–H groups in total. The van der Waals surface area contributed by atoms with Gasteiger partial charge in [-0.05, 0) is 25.0 Å². The van der Waals surface area contributed by atoms with E-state index in [2.05, 4.69) is 10.1 Å². The SMILES string of the molecule is CN(CCc1ccccn1)C(=O)C1(/C(N)=N/O)CCC1. The number of nitrogens with zero attached hydrogens (tertiary/aromatic N) is 3. The van der Waals surface area contributed by atoms with Crippen LogP contribution in [0.3, 0.4) is 0 Å². The first kappa shape index (κ1) is 14.3. The second-order valence-electron chi connectivity index (χ2n) is 5.22. The van der Waals surface area contributed by atoms with Gasteiger partial charge in [0.2, 0.25) is 5.91 Å². The molecule has 1 aliphatic rings. The lowest BCUT2D eigenvalue weighted by molar-refractivity contribution is -0.140. The molecule has 6 heteroatoms. The molecule has 108 valence electrons. The zero-order valence-corrected chi connectivity index (χ0v) is 11.6. The average molecular weight is 276 g/mol. The van der Waals surface area contributed by atoms with E-state index in [-0.39, 0.29) is 11.7 Å². The fraction of sp³-hybridized carbons (Fsp3) is 0.500. The predicted molar refractivity (Wildman–Crippen MR) is 75.3 cm³/mol. The molecule has 1 heterocycles. The molecule has 1 fully saturated rings. The summed E-state index contributed by atoms with van der Waals surface area (Å²) in [7, 11) is 1.75. The zero-order chi connectivity index (χ0) is 14.6. The number of rotatable bonds is 5. The molecule has 1 saturated carbocycles. The number of nitrogens with two attached hydrogens (primary N) is 1. The number of hydrogen-bond donors (Lipinski definition) is 2. The van der Waals surface area contributed by atoms with Gasteiger partial charge in [-0.1, -0.05) is 17.6 Å². The van der Waals surface area contributed by atoms with Crippen molar-refractivity contribution < 1.29 is 10.0 Å². The van der Waals surface area contributed by atoms with Gasteiger partial charge < -0.3 is 15.8 Å². The molecule has 0 atom stereocenters. The maximum absolute atomic E-state index is 12.5. The molecule has 0 radical (unpaired) electrons. The molecule has 0 aromatic carbocycles. The summed E-state index contributed by atoms with van der Waals surface area (Å²) in [6, 6.07) is 5.72. The summed E-state index contributed by atoms with van der Waals surface area (Å²) in [6.45, 7) is 0.566. The van der Waals surface area contributed by atoms with Gasteiger partial charge in [-0.25, -0.2) is 0 Å². The van der Waals surface area contributed by atoms with Crippen LogP contribution in [0.4, 0.5) is 0 Å². The highest BCUT2D eigenvalue weighted by atomic mass is 16.4. The second-order valence-corrected chi connectivity index (χ2v) is 5.22. The van der Waals surface area contributed by atoms with Crippen molar-refractivity contribution >= 4 is 11.7 Å². The fourth-order valence-electron chi connectivity index (χ4n) is 2.50. The molecule has 0 spiro atoms. The van der Waals surface area contributed by atoms with Gasteiger partial charge in [0.15, 0.2) is 5.84 Å². The maximum atomic E-state index is 12.5. The Morgan fingerprint density at radius 3 is 2.80 bits per heavy atom. The van der Waals surface area contributed by atoms with E-state index in [1.54, 1.807) is 18.1 Å². The number of likely N-dealkylation sites (N-methyl/N-ethyl adjacent to an activating group) is 1. The van der Waals surface area contributed by atoms with Crippen molar-refractivity contribution in [1.29, 1.82) is 0 Å². The molecule has 1 aromatic heterocycles. The summed E-state index contributed by atoms with van der Waals surface area (Å²) >= 11 is 0. The van der Waals surface area contributed by atoms with Crippen LogP contribution in [0.2, 0.25) is 0 Å². The van der Waals surface area contributed by atoms with Crippen molar-refractivity contribution in [2.45, 2.75) is 25.7 Å². The number of oxime groups is 1. The average Bonchev–Trinajstić information content (AvgIpc) is 2.44. The molecular formula is C14H20N4O2. The number of carbonyl (C=O) groups is 1. The van der Waals surface area contributed by atoms with Gasteiger partial charge >= 0.3 is 0 Å². The van der Waals surface area contributed by atoms with Crippen LogP contribution in [0.15, 0.2) is 29.6 Å². The number of amides is 1. The number of carbonyl (C=O) groups excluding carboxylic acids is 1. The van der Waals surface area contributed by atoms with Gasteiger partial charge in [-0.2, -0.15) is 0 Å². The molecular weight excluding hydrogens is 256 g/mol. The Hall–Kier alpha value is -2.11. The number of pyridine rings is 1.